The van der Waals surface area contributed by atoms with Crippen LogP contribution in [0.2, 0.25) is 0 Å². The van der Waals surface area contributed by atoms with Crippen molar-refractivity contribution < 1.29 is 28.9 Å². The van der Waals surface area contributed by atoms with Crippen molar-refractivity contribution in [2.24, 2.45) is 0 Å². The molecular formula is C25H24O6. The Kier molecular flexibility index (Phi) is 7.65. The topological polar surface area (TPSA) is 82.1 Å². The van der Waals surface area contributed by atoms with Gasteiger partial charge in [-0.2, -0.15) is 0 Å². The summed E-state index contributed by atoms with van der Waals surface area (Å²) in [6.45, 7) is 0.360. The van der Waals surface area contributed by atoms with E-state index in [9.17, 15) is 9.59 Å². The lowest BCUT2D eigenvalue weighted by Crippen LogP contribution is -2.13. The number of methoxy groups -OCH3 is 1. The zero-order chi connectivity index (χ0) is 22.1. The minimum absolute atomic E-state index is 0.0721. The molecule has 0 aromatic heterocycles. The van der Waals surface area contributed by atoms with Crippen LogP contribution < -0.4 is 9.47 Å². The molecule has 3 aromatic carbocycles. The highest BCUT2D eigenvalue weighted by Gasteiger charge is 2.21. The van der Waals surface area contributed by atoms with E-state index >= 15 is 0 Å². The number of carbonyl (C=O) groups is 2. The number of rotatable bonds is 10. The van der Waals surface area contributed by atoms with Crippen molar-refractivity contribution in [3.05, 3.63) is 95.6 Å². The molecule has 31 heavy (non-hydrogen) atoms. The first-order valence-electron chi connectivity index (χ1n) is 9.89. The molecule has 0 aliphatic rings. The van der Waals surface area contributed by atoms with E-state index in [-0.39, 0.29) is 24.2 Å². The Hall–Kier alpha value is -3.80. The van der Waals surface area contributed by atoms with Gasteiger partial charge in [0.25, 0.3) is 0 Å². The quantitative estimate of drug-likeness (QED) is 0.463. The van der Waals surface area contributed by atoms with E-state index in [0.29, 0.717) is 12.4 Å². The smallest absolute Gasteiger partial charge is 0.341 e. The van der Waals surface area contributed by atoms with Crippen LogP contribution in [0.15, 0.2) is 78.9 Å². The molecule has 3 rings (SSSR count). The van der Waals surface area contributed by atoms with Gasteiger partial charge in [-0.25, -0.2) is 4.79 Å². The molecule has 0 spiro atoms. The molecule has 0 bridgehead atoms. The molecule has 0 aliphatic heterocycles. The van der Waals surface area contributed by atoms with Gasteiger partial charge in [0.2, 0.25) is 0 Å². The minimum atomic E-state index is -0.919. The van der Waals surface area contributed by atoms with Crippen LogP contribution in [0.25, 0.3) is 0 Å². The first-order valence-corrected chi connectivity index (χ1v) is 9.89. The molecule has 3 aromatic rings. The van der Waals surface area contributed by atoms with E-state index in [2.05, 4.69) is 0 Å². The number of ether oxygens (including phenoxy) is 3. The molecule has 1 atom stereocenters. The highest BCUT2D eigenvalue weighted by molar-refractivity contribution is 5.92. The number of carboxylic acids is 1. The lowest BCUT2D eigenvalue weighted by atomic mass is 10.0. The molecule has 0 amide bonds. The van der Waals surface area contributed by atoms with Crippen molar-refractivity contribution in [3.63, 3.8) is 0 Å². The van der Waals surface area contributed by atoms with Crippen LogP contribution in [0, 0.1) is 0 Å². The number of esters is 1. The average molecular weight is 420 g/mol. The van der Waals surface area contributed by atoms with E-state index in [1.54, 1.807) is 18.2 Å². The van der Waals surface area contributed by atoms with Crippen LogP contribution in [-0.4, -0.2) is 24.2 Å². The van der Waals surface area contributed by atoms with Crippen molar-refractivity contribution in [2.45, 2.75) is 25.6 Å². The highest BCUT2D eigenvalue weighted by atomic mass is 16.5. The predicted molar refractivity (Wildman–Crippen MR) is 115 cm³/mol. The van der Waals surface area contributed by atoms with Gasteiger partial charge in [0.15, 0.2) is 0 Å². The Morgan fingerprint density at radius 1 is 0.935 bits per heavy atom. The molecule has 1 unspecified atom stereocenters. The van der Waals surface area contributed by atoms with Crippen molar-refractivity contribution in [3.8, 4) is 11.5 Å². The van der Waals surface area contributed by atoms with Crippen LogP contribution in [0.4, 0.5) is 0 Å². The fraction of sp³-hybridized carbons (Fsp3) is 0.200. The van der Waals surface area contributed by atoms with Gasteiger partial charge in [0.05, 0.1) is 7.11 Å². The number of hydrogen-bond donors (Lipinski definition) is 1. The van der Waals surface area contributed by atoms with E-state index in [0.717, 1.165) is 11.1 Å². The fourth-order valence-corrected chi connectivity index (χ4v) is 3.08. The standard InChI is InChI=1S/C25H24O6/c1-29-25(28)21-13-12-20(30-17-18-8-4-2-5-9-18)16-23(21)31-22(14-15-24(26)27)19-10-6-3-7-11-19/h2-13,16,22H,14-15,17H2,1H3,(H,26,27). The molecule has 6 nitrogen and oxygen atoms in total. The van der Waals surface area contributed by atoms with Crippen LogP contribution in [-0.2, 0) is 16.1 Å². The summed E-state index contributed by atoms with van der Waals surface area (Å²) in [6.07, 6.45) is -0.378. The zero-order valence-corrected chi connectivity index (χ0v) is 17.2. The first-order chi connectivity index (χ1) is 15.1. The van der Waals surface area contributed by atoms with Gasteiger partial charge in [-0.05, 0) is 29.7 Å². The molecule has 0 aliphatic carbocycles. The van der Waals surface area contributed by atoms with Crippen molar-refractivity contribution in [1.82, 2.24) is 0 Å². The number of benzene rings is 3. The lowest BCUT2D eigenvalue weighted by Gasteiger charge is -2.21. The van der Waals surface area contributed by atoms with E-state index in [1.165, 1.54) is 7.11 Å². The van der Waals surface area contributed by atoms with E-state index in [1.807, 2.05) is 60.7 Å². The van der Waals surface area contributed by atoms with Gasteiger partial charge in [-0.3, -0.25) is 4.79 Å². The van der Waals surface area contributed by atoms with Crippen LogP contribution in [0.1, 0.15) is 40.4 Å². The number of carbonyl (C=O) groups excluding carboxylic acids is 1. The Balaban J connectivity index is 1.87. The summed E-state index contributed by atoms with van der Waals surface area (Å²) >= 11 is 0. The lowest BCUT2D eigenvalue weighted by molar-refractivity contribution is -0.137. The molecule has 0 saturated carbocycles. The SMILES string of the molecule is COC(=O)c1ccc(OCc2ccccc2)cc1OC(CCC(=O)O)c1ccccc1. The Labute approximate surface area is 181 Å². The molecule has 1 N–H and O–H groups in total. The van der Waals surface area contributed by atoms with Gasteiger partial charge >= 0.3 is 11.9 Å². The Morgan fingerprint density at radius 2 is 1.61 bits per heavy atom. The van der Waals surface area contributed by atoms with Crippen LogP contribution >= 0.6 is 0 Å². The number of hydrogen-bond acceptors (Lipinski definition) is 5. The molecule has 0 heterocycles. The molecule has 0 fully saturated rings. The largest absolute Gasteiger partial charge is 0.489 e. The summed E-state index contributed by atoms with van der Waals surface area (Å²) in [5.74, 6) is -0.666. The molecule has 160 valence electrons. The number of carboxylic acid groups (broad SMARTS) is 1. The third-order valence-electron chi connectivity index (χ3n) is 4.67. The summed E-state index contributed by atoms with van der Waals surface area (Å²) < 4.78 is 16.9. The summed E-state index contributed by atoms with van der Waals surface area (Å²) in [5.41, 5.74) is 2.06. The zero-order valence-electron chi connectivity index (χ0n) is 17.2. The van der Waals surface area contributed by atoms with Gasteiger partial charge in [0.1, 0.15) is 29.8 Å². The van der Waals surface area contributed by atoms with E-state index in [4.69, 9.17) is 19.3 Å². The van der Waals surface area contributed by atoms with Gasteiger partial charge in [0, 0.05) is 12.5 Å². The molecular weight excluding hydrogens is 396 g/mol. The Morgan fingerprint density at radius 3 is 2.26 bits per heavy atom. The molecule has 0 saturated heterocycles. The monoisotopic (exact) mass is 420 g/mol. The summed E-state index contributed by atoms with van der Waals surface area (Å²) in [5, 5.41) is 9.13. The molecule has 6 heteroatoms. The normalized spacial score (nSPS) is 11.4. The third-order valence-corrected chi connectivity index (χ3v) is 4.67. The summed E-state index contributed by atoms with van der Waals surface area (Å²) in [7, 11) is 1.30. The summed E-state index contributed by atoms with van der Waals surface area (Å²) in [6, 6.07) is 23.9. The highest BCUT2D eigenvalue weighted by Crippen LogP contribution is 2.32. The summed E-state index contributed by atoms with van der Waals surface area (Å²) in [4.78, 5) is 23.4. The minimum Gasteiger partial charge on any atom is -0.489 e. The van der Waals surface area contributed by atoms with Crippen LogP contribution in [0.5, 0.6) is 11.5 Å². The van der Waals surface area contributed by atoms with Gasteiger partial charge < -0.3 is 19.3 Å². The maximum absolute atomic E-state index is 12.3. The maximum Gasteiger partial charge on any atom is 0.341 e. The average Bonchev–Trinajstić information content (AvgIpc) is 2.81. The Bertz CT molecular complexity index is 1000. The number of aliphatic carboxylic acids is 1. The van der Waals surface area contributed by atoms with Crippen LogP contribution in [0.3, 0.4) is 0 Å². The first kappa shape index (κ1) is 21.9. The van der Waals surface area contributed by atoms with E-state index < -0.39 is 18.0 Å². The predicted octanol–water partition coefficient (Wildman–Crippen LogP) is 5.04. The third kappa shape index (κ3) is 6.34. The van der Waals surface area contributed by atoms with Gasteiger partial charge in [-0.1, -0.05) is 60.7 Å². The van der Waals surface area contributed by atoms with Crippen molar-refractivity contribution in [2.75, 3.05) is 7.11 Å². The second kappa shape index (κ2) is 10.8. The maximum atomic E-state index is 12.3. The fourth-order valence-electron chi connectivity index (χ4n) is 3.08. The van der Waals surface area contributed by atoms with Crippen molar-refractivity contribution in [1.29, 1.82) is 0 Å². The van der Waals surface area contributed by atoms with Crippen molar-refractivity contribution >= 4 is 11.9 Å². The molecule has 0 radical (unpaired) electrons. The van der Waals surface area contributed by atoms with Gasteiger partial charge in [-0.15, -0.1) is 0 Å². The second-order valence-electron chi connectivity index (χ2n) is 6.87. The second-order valence-corrected chi connectivity index (χ2v) is 6.87.